The molecule has 1 aromatic carbocycles. The molecule has 0 saturated heterocycles. The number of nitriles is 1. The third kappa shape index (κ3) is 2.98. The molecule has 5 nitrogen and oxygen atoms in total. The van der Waals surface area contributed by atoms with Gasteiger partial charge in [0.1, 0.15) is 5.82 Å². The first-order valence-electron chi connectivity index (χ1n) is 6.15. The first-order valence-corrected chi connectivity index (χ1v) is 6.15. The van der Waals surface area contributed by atoms with E-state index in [9.17, 15) is 0 Å². The van der Waals surface area contributed by atoms with E-state index in [-0.39, 0.29) is 0 Å². The Morgan fingerprint density at radius 3 is 2.95 bits per heavy atom. The summed E-state index contributed by atoms with van der Waals surface area (Å²) in [6.45, 7) is 3.44. The number of hydrogen-bond acceptors (Lipinski definition) is 4. The standard InChI is InChI=1S/C14H16N4O/c1-11-16-17-14(18(11)7-4-8-19-2)13-6-3-5-12(9-13)10-15/h3,5-6,9H,4,7-8H2,1-2H3. The van der Waals surface area contributed by atoms with Crippen molar-refractivity contribution < 1.29 is 4.74 Å². The molecule has 0 aliphatic rings. The van der Waals surface area contributed by atoms with Gasteiger partial charge in [0, 0.05) is 25.8 Å². The van der Waals surface area contributed by atoms with Crippen LogP contribution >= 0.6 is 0 Å². The number of methoxy groups -OCH3 is 1. The zero-order chi connectivity index (χ0) is 13.7. The Bertz CT molecular complexity index is 598. The van der Waals surface area contributed by atoms with E-state index >= 15 is 0 Å². The van der Waals surface area contributed by atoms with Gasteiger partial charge >= 0.3 is 0 Å². The van der Waals surface area contributed by atoms with E-state index in [0.717, 1.165) is 30.2 Å². The lowest BCUT2D eigenvalue weighted by molar-refractivity contribution is 0.190. The van der Waals surface area contributed by atoms with Crippen LogP contribution in [0.25, 0.3) is 11.4 Å². The van der Waals surface area contributed by atoms with Crippen LogP contribution in [0.4, 0.5) is 0 Å². The smallest absolute Gasteiger partial charge is 0.163 e. The third-order valence-electron chi connectivity index (χ3n) is 2.92. The predicted molar refractivity (Wildman–Crippen MR) is 71.4 cm³/mol. The van der Waals surface area contributed by atoms with Crippen LogP contribution in [0, 0.1) is 18.3 Å². The largest absolute Gasteiger partial charge is 0.385 e. The van der Waals surface area contributed by atoms with Gasteiger partial charge in [-0.1, -0.05) is 12.1 Å². The molecule has 0 unspecified atom stereocenters. The monoisotopic (exact) mass is 256 g/mol. The molecule has 5 heteroatoms. The van der Waals surface area contributed by atoms with Crippen molar-refractivity contribution in [2.45, 2.75) is 19.9 Å². The van der Waals surface area contributed by atoms with Crippen molar-refractivity contribution in [3.63, 3.8) is 0 Å². The summed E-state index contributed by atoms with van der Waals surface area (Å²) in [7, 11) is 1.69. The predicted octanol–water partition coefficient (Wildman–Crippen LogP) is 2.16. The maximum Gasteiger partial charge on any atom is 0.163 e. The lowest BCUT2D eigenvalue weighted by atomic mass is 10.1. The fourth-order valence-corrected chi connectivity index (χ4v) is 1.96. The van der Waals surface area contributed by atoms with Gasteiger partial charge in [-0.15, -0.1) is 10.2 Å². The Kier molecular flexibility index (Phi) is 4.26. The molecule has 0 aliphatic heterocycles. The van der Waals surface area contributed by atoms with E-state index in [2.05, 4.69) is 20.8 Å². The number of rotatable bonds is 5. The Labute approximate surface area is 112 Å². The first kappa shape index (κ1) is 13.2. The summed E-state index contributed by atoms with van der Waals surface area (Å²) in [5, 5.41) is 17.3. The van der Waals surface area contributed by atoms with Crippen molar-refractivity contribution in [1.82, 2.24) is 14.8 Å². The number of ether oxygens (including phenoxy) is 1. The molecule has 2 rings (SSSR count). The summed E-state index contributed by atoms with van der Waals surface area (Å²) in [5.41, 5.74) is 1.54. The van der Waals surface area contributed by atoms with Gasteiger partial charge in [0.2, 0.25) is 0 Å². The zero-order valence-corrected chi connectivity index (χ0v) is 11.1. The molecule has 0 saturated carbocycles. The molecular weight excluding hydrogens is 240 g/mol. The topological polar surface area (TPSA) is 63.7 Å². The van der Waals surface area contributed by atoms with Crippen LogP contribution in [0.1, 0.15) is 17.8 Å². The van der Waals surface area contributed by atoms with Crippen LogP contribution in [-0.2, 0) is 11.3 Å². The molecule has 0 bridgehead atoms. The highest BCUT2D eigenvalue weighted by atomic mass is 16.5. The second kappa shape index (κ2) is 6.12. The van der Waals surface area contributed by atoms with Gasteiger partial charge in [-0.05, 0) is 25.5 Å². The van der Waals surface area contributed by atoms with E-state index in [1.165, 1.54) is 0 Å². The van der Waals surface area contributed by atoms with Gasteiger partial charge in [0.25, 0.3) is 0 Å². The summed E-state index contributed by atoms with van der Waals surface area (Å²) in [4.78, 5) is 0. The van der Waals surface area contributed by atoms with Crippen molar-refractivity contribution in [1.29, 1.82) is 5.26 Å². The summed E-state index contributed by atoms with van der Waals surface area (Å²) in [6, 6.07) is 9.55. The molecule has 19 heavy (non-hydrogen) atoms. The normalized spacial score (nSPS) is 10.4. The van der Waals surface area contributed by atoms with E-state index < -0.39 is 0 Å². The maximum atomic E-state index is 8.95. The summed E-state index contributed by atoms with van der Waals surface area (Å²) in [5.74, 6) is 1.67. The van der Waals surface area contributed by atoms with Crippen LogP contribution in [0.2, 0.25) is 0 Å². The average Bonchev–Trinajstić information content (AvgIpc) is 2.81. The van der Waals surface area contributed by atoms with Crippen molar-refractivity contribution in [2.75, 3.05) is 13.7 Å². The Balaban J connectivity index is 2.31. The minimum atomic E-state index is 0.626. The molecular formula is C14H16N4O. The molecule has 0 fully saturated rings. The molecule has 0 aliphatic carbocycles. The molecule has 0 radical (unpaired) electrons. The summed E-state index contributed by atoms with van der Waals surface area (Å²) >= 11 is 0. The summed E-state index contributed by atoms with van der Waals surface area (Å²) in [6.07, 6.45) is 0.903. The van der Waals surface area contributed by atoms with Crippen molar-refractivity contribution >= 4 is 0 Å². The first-order chi connectivity index (χ1) is 9.26. The number of nitrogens with zero attached hydrogens (tertiary/aromatic N) is 4. The fraction of sp³-hybridized carbons (Fsp3) is 0.357. The van der Waals surface area contributed by atoms with E-state index in [4.69, 9.17) is 10.00 Å². The van der Waals surface area contributed by atoms with E-state index in [1.54, 1.807) is 13.2 Å². The minimum absolute atomic E-state index is 0.626. The van der Waals surface area contributed by atoms with Crippen molar-refractivity contribution in [3.8, 4) is 17.5 Å². The average molecular weight is 256 g/mol. The molecule has 98 valence electrons. The highest BCUT2D eigenvalue weighted by molar-refractivity contribution is 5.58. The lowest BCUT2D eigenvalue weighted by Gasteiger charge is -2.08. The molecule has 0 amide bonds. The molecule has 0 N–H and O–H groups in total. The van der Waals surface area contributed by atoms with Crippen LogP contribution < -0.4 is 0 Å². The minimum Gasteiger partial charge on any atom is -0.385 e. The second-order valence-electron chi connectivity index (χ2n) is 4.26. The third-order valence-corrected chi connectivity index (χ3v) is 2.92. The quantitative estimate of drug-likeness (QED) is 0.769. The van der Waals surface area contributed by atoms with Crippen LogP contribution in [0.15, 0.2) is 24.3 Å². The lowest BCUT2D eigenvalue weighted by Crippen LogP contribution is -2.05. The van der Waals surface area contributed by atoms with Crippen molar-refractivity contribution in [2.24, 2.45) is 0 Å². The Hall–Kier alpha value is -2.19. The molecule has 0 atom stereocenters. The number of benzene rings is 1. The highest BCUT2D eigenvalue weighted by Gasteiger charge is 2.11. The van der Waals surface area contributed by atoms with Crippen molar-refractivity contribution in [3.05, 3.63) is 35.7 Å². The molecule has 2 aromatic rings. The summed E-state index contributed by atoms with van der Waals surface area (Å²) < 4.78 is 7.12. The fourth-order valence-electron chi connectivity index (χ4n) is 1.96. The van der Waals surface area contributed by atoms with Gasteiger partial charge in [-0.25, -0.2) is 0 Å². The Morgan fingerprint density at radius 1 is 1.37 bits per heavy atom. The van der Waals surface area contributed by atoms with E-state index in [1.807, 2.05) is 25.1 Å². The molecule has 0 spiro atoms. The van der Waals surface area contributed by atoms with Crippen LogP contribution in [0.5, 0.6) is 0 Å². The molecule has 1 heterocycles. The van der Waals surface area contributed by atoms with Gasteiger partial charge in [0.15, 0.2) is 5.82 Å². The zero-order valence-electron chi connectivity index (χ0n) is 11.1. The second-order valence-corrected chi connectivity index (χ2v) is 4.26. The molecule has 1 aromatic heterocycles. The van der Waals surface area contributed by atoms with Crippen LogP contribution in [-0.4, -0.2) is 28.5 Å². The van der Waals surface area contributed by atoms with Gasteiger partial charge < -0.3 is 9.30 Å². The Morgan fingerprint density at radius 2 is 2.21 bits per heavy atom. The van der Waals surface area contributed by atoms with E-state index in [0.29, 0.717) is 12.2 Å². The number of aryl methyl sites for hydroxylation is 1. The SMILES string of the molecule is COCCCn1c(C)nnc1-c1cccc(C#N)c1. The number of hydrogen-bond donors (Lipinski definition) is 0. The maximum absolute atomic E-state index is 8.95. The highest BCUT2D eigenvalue weighted by Crippen LogP contribution is 2.19. The van der Waals surface area contributed by atoms with Crippen LogP contribution in [0.3, 0.4) is 0 Å². The van der Waals surface area contributed by atoms with Gasteiger partial charge in [0.05, 0.1) is 11.6 Å². The van der Waals surface area contributed by atoms with Gasteiger partial charge in [-0.2, -0.15) is 5.26 Å². The number of aromatic nitrogens is 3. The van der Waals surface area contributed by atoms with Gasteiger partial charge in [-0.3, -0.25) is 0 Å².